The minimum atomic E-state index is -0.364. The number of fused-ring (bicyclic) bond motifs is 1. The number of pyridine rings is 1. The Hall–Kier alpha value is -2.76. The molecular weight excluding hydrogens is 364 g/mol. The highest BCUT2D eigenvalue weighted by Gasteiger charge is 2.24. The lowest BCUT2D eigenvalue weighted by Gasteiger charge is -2.21. The molecule has 0 unspecified atom stereocenters. The van der Waals surface area contributed by atoms with Crippen LogP contribution in [0, 0.1) is 0 Å². The van der Waals surface area contributed by atoms with E-state index in [1.165, 1.54) is 13.5 Å². The number of para-hydroxylation sites is 1. The van der Waals surface area contributed by atoms with Crippen LogP contribution in [0.25, 0.3) is 22.2 Å². The van der Waals surface area contributed by atoms with Crippen LogP contribution >= 0.6 is 0 Å². The first-order chi connectivity index (χ1) is 14.2. The molecule has 2 heterocycles. The molecule has 1 atom stereocenters. The van der Waals surface area contributed by atoms with E-state index >= 15 is 0 Å². The third kappa shape index (κ3) is 4.02. The SMILES string of the molecule is COC(=O)c1c(COC[C@@H]2CCCN2C)c(-c2ccccc2)nc2ccccc12. The van der Waals surface area contributed by atoms with Gasteiger partial charge in [-0.05, 0) is 32.5 Å². The second kappa shape index (κ2) is 8.72. The maximum atomic E-state index is 12.8. The fourth-order valence-electron chi connectivity index (χ4n) is 4.05. The number of benzene rings is 2. The predicted octanol–water partition coefficient (Wildman–Crippen LogP) is 4.30. The highest BCUT2D eigenvalue weighted by Crippen LogP contribution is 2.31. The van der Waals surface area contributed by atoms with Crippen molar-refractivity contribution in [3.8, 4) is 11.3 Å². The Kier molecular flexibility index (Phi) is 5.88. The summed E-state index contributed by atoms with van der Waals surface area (Å²) in [5, 5.41) is 0.788. The van der Waals surface area contributed by atoms with E-state index in [4.69, 9.17) is 14.5 Å². The van der Waals surface area contributed by atoms with Crippen molar-refractivity contribution in [1.82, 2.24) is 9.88 Å². The maximum absolute atomic E-state index is 12.8. The summed E-state index contributed by atoms with van der Waals surface area (Å²) >= 11 is 0. The minimum Gasteiger partial charge on any atom is -0.465 e. The van der Waals surface area contributed by atoms with Gasteiger partial charge >= 0.3 is 5.97 Å². The van der Waals surface area contributed by atoms with E-state index in [9.17, 15) is 4.79 Å². The first kappa shape index (κ1) is 19.6. The molecule has 0 aliphatic carbocycles. The smallest absolute Gasteiger partial charge is 0.338 e. The molecule has 0 radical (unpaired) electrons. The fourth-order valence-corrected chi connectivity index (χ4v) is 4.05. The Balaban J connectivity index is 1.78. The van der Waals surface area contributed by atoms with Gasteiger partial charge in [0.15, 0.2) is 0 Å². The summed E-state index contributed by atoms with van der Waals surface area (Å²) in [5.41, 5.74) is 3.81. The van der Waals surface area contributed by atoms with Gasteiger partial charge in [0.2, 0.25) is 0 Å². The molecule has 0 N–H and O–H groups in total. The molecule has 150 valence electrons. The number of aromatic nitrogens is 1. The number of carbonyl (C=O) groups is 1. The van der Waals surface area contributed by atoms with Crippen LogP contribution in [0.2, 0.25) is 0 Å². The summed E-state index contributed by atoms with van der Waals surface area (Å²) in [6.45, 7) is 2.06. The molecule has 1 aliphatic rings. The summed E-state index contributed by atoms with van der Waals surface area (Å²) in [5.74, 6) is -0.364. The van der Waals surface area contributed by atoms with Crippen molar-refractivity contribution >= 4 is 16.9 Å². The van der Waals surface area contributed by atoms with Crippen molar-refractivity contribution in [3.63, 3.8) is 0 Å². The Morgan fingerprint density at radius 1 is 1.14 bits per heavy atom. The van der Waals surface area contributed by atoms with Gasteiger partial charge in [0.05, 0.1) is 37.1 Å². The van der Waals surface area contributed by atoms with Crippen molar-refractivity contribution in [3.05, 3.63) is 65.7 Å². The van der Waals surface area contributed by atoms with Gasteiger partial charge in [0.25, 0.3) is 0 Å². The maximum Gasteiger partial charge on any atom is 0.338 e. The van der Waals surface area contributed by atoms with Crippen LogP contribution in [0.5, 0.6) is 0 Å². The molecule has 5 nitrogen and oxygen atoms in total. The van der Waals surface area contributed by atoms with Gasteiger partial charge in [-0.25, -0.2) is 9.78 Å². The van der Waals surface area contributed by atoms with Crippen molar-refractivity contribution in [2.45, 2.75) is 25.5 Å². The summed E-state index contributed by atoms with van der Waals surface area (Å²) in [6, 6.07) is 18.0. The number of likely N-dealkylation sites (N-methyl/N-ethyl adjacent to an activating group) is 1. The number of nitrogens with zero attached hydrogens (tertiary/aromatic N) is 2. The summed E-state index contributed by atoms with van der Waals surface area (Å²) in [4.78, 5) is 20.0. The number of ether oxygens (including phenoxy) is 2. The van der Waals surface area contributed by atoms with Crippen molar-refractivity contribution < 1.29 is 14.3 Å². The normalized spacial score (nSPS) is 17.0. The third-order valence-electron chi connectivity index (χ3n) is 5.66. The van der Waals surface area contributed by atoms with Crippen LogP contribution in [0.15, 0.2) is 54.6 Å². The van der Waals surface area contributed by atoms with Crippen LogP contribution < -0.4 is 0 Å². The van der Waals surface area contributed by atoms with Crippen LogP contribution in [-0.2, 0) is 16.1 Å². The zero-order valence-corrected chi connectivity index (χ0v) is 16.9. The molecule has 3 aromatic rings. The van der Waals surface area contributed by atoms with Crippen molar-refractivity contribution in [1.29, 1.82) is 0 Å². The van der Waals surface area contributed by atoms with Gasteiger partial charge < -0.3 is 14.4 Å². The number of hydrogen-bond donors (Lipinski definition) is 0. The van der Waals surface area contributed by atoms with Gasteiger partial charge in [-0.3, -0.25) is 0 Å². The average Bonchev–Trinajstić information content (AvgIpc) is 3.17. The number of methoxy groups -OCH3 is 1. The van der Waals surface area contributed by atoms with E-state index in [-0.39, 0.29) is 5.97 Å². The van der Waals surface area contributed by atoms with Crippen LogP contribution in [0.1, 0.15) is 28.8 Å². The van der Waals surface area contributed by atoms with E-state index in [0.29, 0.717) is 24.8 Å². The molecule has 1 fully saturated rings. The predicted molar refractivity (Wildman–Crippen MR) is 114 cm³/mol. The zero-order chi connectivity index (χ0) is 20.2. The highest BCUT2D eigenvalue weighted by atomic mass is 16.5. The largest absolute Gasteiger partial charge is 0.465 e. The molecule has 0 amide bonds. The first-order valence-electron chi connectivity index (χ1n) is 10.0. The molecule has 1 saturated heterocycles. The monoisotopic (exact) mass is 390 g/mol. The van der Waals surface area contributed by atoms with Gasteiger partial charge in [0.1, 0.15) is 0 Å². The van der Waals surface area contributed by atoms with Crippen molar-refractivity contribution in [2.24, 2.45) is 0 Å². The van der Waals surface area contributed by atoms with Gasteiger partial charge in [0, 0.05) is 22.6 Å². The molecule has 1 aliphatic heterocycles. The van der Waals surface area contributed by atoms with Gasteiger partial charge in [-0.1, -0.05) is 48.5 Å². The average molecular weight is 390 g/mol. The lowest BCUT2D eigenvalue weighted by atomic mass is 9.97. The zero-order valence-electron chi connectivity index (χ0n) is 16.9. The summed E-state index contributed by atoms with van der Waals surface area (Å²) < 4.78 is 11.3. The first-order valence-corrected chi connectivity index (χ1v) is 10.0. The lowest BCUT2D eigenvalue weighted by molar-refractivity contribution is 0.0580. The third-order valence-corrected chi connectivity index (χ3v) is 5.66. The lowest BCUT2D eigenvalue weighted by Crippen LogP contribution is -2.29. The number of esters is 1. The second-order valence-corrected chi connectivity index (χ2v) is 7.48. The van der Waals surface area contributed by atoms with Crippen LogP contribution in [-0.4, -0.2) is 49.2 Å². The van der Waals surface area contributed by atoms with E-state index in [1.54, 1.807) is 0 Å². The highest BCUT2D eigenvalue weighted by molar-refractivity contribution is 6.06. The summed E-state index contributed by atoms with van der Waals surface area (Å²) in [7, 11) is 3.55. The number of carbonyl (C=O) groups excluding carboxylic acids is 1. The second-order valence-electron chi connectivity index (χ2n) is 7.48. The van der Waals surface area contributed by atoms with E-state index in [0.717, 1.165) is 40.7 Å². The van der Waals surface area contributed by atoms with Crippen molar-refractivity contribution in [2.75, 3.05) is 27.3 Å². The van der Waals surface area contributed by atoms with E-state index in [2.05, 4.69) is 11.9 Å². The molecule has 0 spiro atoms. The Labute approximate surface area is 171 Å². The molecular formula is C24H26N2O3. The topological polar surface area (TPSA) is 51.7 Å². The standard InChI is InChI=1S/C24H26N2O3/c1-26-14-8-11-18(26)15-29-16-20-22(24(27)28-2)19-12-6-7-13-21(19)25-23(20)17-9-4-3-5-10-17/h3-7,9-10,12-13,18H,8,11,14-16H2,1-2H3/t18-/m0/s1. The molecule has 5 heteroatoms. The summed E-state index contributed by atoms with van der Waals surface area (Å²) in [6.07, 6.45) is 2.34. The van der Waals surface area contributed by atoms with Crippen LogP contribution in [0.4, 0.5) is 0 Å². The Morgan fingerprint density at radius 3 is 2.62 bits per heavy atom. The minimum absolute atomic E-state index is 0.316. The Bertz CT molecular complexity index is 1000. The molecule has 0 bridgehead atoms. The molecule has 2 aromatic carbocycles. The van der Waals surface area contributed by atoms with Gasteiger partial charge in [-0.2, -0.15) is 0 Å². The number of rotatable bonds is 6. The molecule has 1 aromatic heterocycles. The van der Waals surface area contributed by atoms with Gasteiger partial charge in [-0.15, -0.1) is 0 Å². The number of hydrogen-bond acceptors (Lipinski definition) is 5. The molecule has 29 heavy (non-hydrogen) atoms. The van der Waals surface area contributed by atoms with E-state index in [1.807, 2.05) is 54.6 Å². The van der Waals surface area contributed by atoms with Crippen LogP contribution in [0.3, 0.4) is 0 Å². The fraction of sp³-hybridized carbons (Fsp3) is 0.333. The quantitative estimate of drug-likeness (QED) is 0.588. The number of likely N-dealkylation sites (tertiary alicyclic amines) is 1. The van der Waals surface area contributed by atoms with E-state index < -0.39 is 0 Å². The Morgan fingerprint density at radius 2 is 1.90 bits per heavy atom. The molecule has 0 saturated carbocycles. The molecule has 4 rings (SSSR count).